The van der Waals surface area contributed by atoms with Gasteiger partial charge in [0.05, 0.1) is 11.7 Å². The van der Waals surface area contributed by atoms with Gasteiger partial charge in [-0.1, -0.05) is 38.1 Å². The zero-order chi connectivity index (χ0) is 35.2. The van der Waals surface area contributed by atoms with Crippen LogP contribution in [-0.4, -0.2) is 55.7 Å². The number of aromatic nitrogens is 1. The minimum Gasteiger partial charge on any atom is -0.381 e. The zero-order valence-electron chi connectivity index (χ0n) is 30.6. The van der Waals surface area contributed by atoms with Crippen LogP contribution in [0, 0.1) is 40.3 Å². The van der Waals surface area contributed by atoms with E-state index in [2.05, 4.69) is 53.7 Å². The molecule has 5 aliphatic rings. The lowest BCUT2D eigenvalue weighted by Crippen LogP contribution is -2.54. The van der Waals surface area contributed by atoms with Gasteiger partial charge in [0, 0.05) is 62.3 Å². The molecule has 3 aromatic rings. The predicted octanol–water partition coefficient (Wildman–Crippen LogP) is 8.14. The topological polar surface area (TPSA) is 92.4 Å². The van der Waals surface area contributed by atoms with Gasteiger partial charge in [-0.2, -0.15) is 0 Å². The van der Waals surface area contributed by atoms with Crippen LogP contribution in [0.4, 0.5) is 4.39 Å². The van der Waals surface area contributed by atoms with Gasteiger partial charge in [0.25, 0.3) is 5.91 Å². The summed E-state index contributed by atoms with van der Waals surface area (Å²) in [5.74, 6) is 2.90. The molecule has 1 aromatic heterocycles. The predicted molar refractivity (Wildman–Crippen MR) is 198 cm³/mol. The van der Waals surface area contributed by atoms with E-state index < -0.39 is 5.82 Å². The number of carbonyl (C=O) groups is 2. The van der Waals surface area contributed by atoms with Crippen molar-refractivity contribution in [1.82, 2.24) is 15.6 Å². The monoisotopic (exact) mass is 697 g/mol. The lowest BCUT2D eigenvalue weighted by molar-refractivity contribution is -0.145. The normalized spacial score (nSPS) is 31.5. The summed E-state index contributed by atoms with van der Waals surface area (Å²) in [6.45, 7) is 9.53. The van der Waals surface area contributed by atoms with Crippen LogP contribution in [0.5, 0.6) is 0 Å². The van der Waals surface area contributed by atoms with E-state index in [4.69, 9.17) is 9.47 Å². The Morgan fingerprint density at radius 1 is 0.902 bits per heavy atom. The van der Waals surface area contributed by atoms with E-state index in [0.717, 1.165) is 105 Å². The molecular formula is C43H56FN3O4. The molecule has 1 aliphatic heterocycles. The Bertz CT molecular complexity index is 1750. The number of carbonyl (C=O) groups excluding carboxylic acids is 2. The highest BCUT2D eigenvalue weighted by Crippen LogP contribution is 2.66. The molecule has 4 fully saturated rings. The van der Waals surface area contributed by atoms with Gasteiger partial charge in [-0.05, 0) is 134 Å². The molecule has 51 heavy (non-hydrogen) atoms. The maximum absolute atomic E-state index is 14.2. The summed E-state index contributed by atoms with van der Waals surface area (Å²) < 4.78 is 26.8. The first-order chi connectivity index (χ1) is 24.7. The number of halogens is 1. The minimum absolute atomic E-state index is 0.221. The Morgan fingerprint density at radius 2 is 1.73 bits per heavy atom. The van der Waals surface area contributed by atoms with Gasteiger partial charge in [0.15, 0.2) is 0 Å². The summed E-state index contributed by atoms with van der Waals surface area (Å²) in [7, 11) is 0. The molecule has 274 valence electrons. The van der Waals surface area contributed by atoms with Crippen LogP contribution in [0.3, 0.4) is 0 Å². The summed E-state index contributed by atoms with van der Waals surface area (Å²) in [4.78, 5) is 28.1. The van der Waals surface area contributed by atoms with Crippen molar-refractivity contribution in [3.05, 3.63) is 58.9 Å². The van der Waals surface area contributed by atoms with Gasteiger partial charge in [-0.25, -0.2) is 4.39 Å². The van der Waals surface area contributed by atoms with Crippen LogP contribution in [0.25, 0.3) is 22.2 Å². The van der Waals surface area contributed by atoms with Gasteiger partial charge in [0.2, 0.25) is 0 Å². The number of hydrogen-bond donors (Lipinski definition) is 3. The van der Waals surface area contributed by atoms with Crippen molar-refractivity contribution in [3.63, 3.8) is 0 Å². The van der Waals surface area contributed by atoms with E-state index in [-0.39, 0.29) is 5.91 Å². The Labute approximate surface area is 302 Å². The van der Waals surface area contributed by atoms with Gasteiger partial charge >= 0.3 is 0 Å². The molecule has 8 rings (SSSR count). The van der Waals surface area contributed by atoms with Crippen LogP contribution in [-0.2, 0) is 27.2 Å². The summed E-state index contributed by atoms with van der Waals surface area (Å²) >= 11 is 0. The van der Waals surface area contributed by atoms with E-state index in [1.54, 1.807) is 0 Å². The number of rotatable bonds is 12. The highest BCUT2D eigenvalue weighted by Gasteiger charge is 2.60. The molecule has 0 unspecified atom stereocenters. The van der Waals surface area contributed by atoms with Crippen molar-refractivity contribution in [3.8, 4) is 11.3 Å². The van der Waals surface area contributed by atoms with Gasteiger partial charge in [-0.15, -0.1) is 0 Å². The van der Waals surface area contributed by atoms with Crippen molar-refractivity contribution in [2.75, 3.05) is 32.9 Å². The molecule has 4 aliphatic carbocycles. The zero-order valence-corrected chi connectivity index (χ0v) is 30.6. The first-order valence-corrected chi connectivity index (χ1v) is 19.9. The number of fused-ring (bicyclic) bond motifs is 5. The quantitative estimate of drug-likeness (QED) is 0.166. The number of ether oxygens (including phenoxy) is 2. The molecule has 0 saturated heterocycles. The molecule has 7 nitrogen and oxygen atoms in total. The number of benzene rings is 2. The molecule has 4 saturated carbocycles. The van der Waals surface area contributed by atoms with Gasteiger partial charge in [-0.3, -0.25) is 9.59 Å². The van der Waals surface area contributed by atoms with Gasteiger partial charge < -0.3 is 25.1 Å². The fraction of sp³-hybridized carbons (Fsp3) is 0.628. The summed E-state index contributed by atoms with van der Waals surface area (Å²) in [5.41, 5.74) is 6.00. The Balaban J connectivity index is 0.731. The summed E-state index contributed by atoms with van der Waals surface area (Å²) in [6, 6.07) is 11.3. The minimum atomic E-state index is -0.411. The Hall–Kier alpha value is -3.07. The summed E-state index contributed by atoms with van der Waals surface area (Å²) in [5, 5.41) is 7.25. The third kappa shape index (κ3) is 6.59. The molecule has 3 N–H and O–H groups in total. The van der Waals surface area contributed by atoms with Crippen LogP contribution in [0.15, 0.2) is 36.4 Å². The van der Waals surface area contributed by atoms with E-state index >= 15 is 0 Å². The molecule has 0 bridgehead atoms. The standard InChI is InChI=1S/C43H56FN3O4/c1-42-16-13-31(48)23-29(42)9-10-32-35-11-12-38(43(35,2)17-14-36(32)42)51-22-4-21-50-20-3-18-45-26-27-5-7-28(8-6-27)40-33-15-19-46-41(49)34-24-30(44)25-37(47-40)39(33)34/h5-8,24-25,29,32,35-36,38,45,47H,3-4,9-23,26H2,1-2H3,(H,46,49)/t29-,32-,35-,36-,38-,42-,43-/m0/s1. The average Bonchev–Trinajstić information content (AvgIpc) is 3.60. The van der Waals surface area contributed by atoms with Crippen molar-refractivity contribution in [2.24, 2.45) is 34.5 Å². The van der Waals surface area contributed by atoms with Crippen molar-refractivity contribution in [2.45, 2.75) is 104 Å². The fourth-order valence-electron chi connectivity index (χ4n) is 11.5. The van der Waals surface area contributed by atoms with Crippen molar-refractivity contribution >= 4 is 22.6 Å². The van der Waals surface area contributed by atoms with Crippen LogP contribution in [0.2, 0.25) is 0 Å². The fourth-order valence-corrected chi connectivity index (χ4v) is 11.5. The van der Waals surface area contributed by atoms with Crippen LogP contribution < -0.4 is 10.6 Å². The third-order valence-electron chi connectivity index (χ3n) is 14.2. The second-order valence-corrected chi connectivity index (χ2v) is 16.9. The van der Waals surface area contributed by atoms with E-state index in [1.165, 1.54) is 56.2 Å². The molecule has 0 spiro atoms. The molecular weight excluding hydrogens is 641 g/mol. The number of hydrogen-bond acceptors (Lipinski definition) is 5. The lowest BCUT2D eigenvalue weighted by atomic mass is 9.45. The van der Waals surface area contributed by atoms with E-state index in [1.807, 2.05) is 0 Å². The van der Waals surface area contributed by atoms with Crippen molar-refractivity contribution < 1.29 is 23.5 Å². The lowest BCUT2D eigenvalue weighted by Gasteiger charge is -2.60. The number of amides is 1. The molecule has 1 amide bonds. The van der Waals surface area contributed by atoms with Crippen LogP contribution >= 0.6 is 0 Å². The Morgan fingerprint density at radius 3 is 2.59 bits per heavy atom. The Kier molecular flexibility index (Phi) is 9.88. The summed E-state index contributed by atoms with van der Waals surface area (Å²) in [6.07, 6.45) is 13.4. The first-order valence-electron chi connectivity index (χ1n) is 19.9. The number of nitrogens with one attached hydrogen (secondary N) is 3. The number of ketones is 1. The second kappa shape index (κ2) is 14.4. The number of Topliss-reactive ketones (excluding diaryl/α,β-unsaturated/α-hetero) is 1. The molecule has 2 aromatic carbocycles. The van der Waals surface area contributed by atoms with Crippen molar-refractivity contribution in [1.29, 1.82) is 0 Å². The smallest absolute Gasteiger partial charge is 0.252 e. The average molecular weight is 698 g/mol. The largest absolute Gasteiger partial charge is 0.381 e. The molecule has 7 atom stereocenters. The third-order valence-corrected chi connectivity index (χ3v) is 14.2. The van der Waals surface area contributed by atoms with E-state index in [9.17, 15) is 14.0 Å². The number of H-pyrrole nitrogens is 1. The maximum Gasteiger partial charge on any atom is 0.252 e. The van der Waals surface area contributed by atoms with Gasteiger partial charge in [0.1, 0.15) is 11.6 Å². The second-order valence-electron chi connectivity index (χ2n) is 16.9. The first kappa shape index (κ1) is 35.0. The highest BCUT2D eigenvalue weighted by molar-refractivity contribution is 6.10. The molecule has 2 heterocycles. The van der Waals surface area contributed by atoms with Crippen LogP contribution in [0.1, 0.15) is 106 Å². The SMILES string of the molecule is C[C@]12CCC(=O)C[C@@H]1CC[C@@H]1[C@@H]2CC[C@]2(C)[C@@H](OCCCOCCCNCc3ccc(-c4[nH]c5cc(F)cc6c5c4CCNC6=O)cc3)CC[C@@H]12. The number of aromatic amines is 1. The maximum atomic E-state index is 14.2. The highest BCUT2D eigenvalue weighted by atomic mass is 19.1. The molecule has 0 radical (unpaired) electrons. The van der Waals surface area contributed by atoms with E-state index in [0.29, 0.717) is 52.7 Å². The molecule has 8 heteroatoms.